The first kappa shape index (κ1) is 25.1. The van der Waals surface area contributed by atoms with Gasteiger partial charge in [0.05, 0.1) is 35.0 Å². The number of hydrogen-bond acceptors (Lipinski definition) is 4. The molecule has 2 heterocycles. The lowest BCUT2D eigenvalue weighted by molar-refractivity contribution is 0.102. The third-order valence-electron chi connectivity index (χ3n) is 5.23. The number of anilines is 1. The number of benzene rings is 2. The summed E-state index contributed by atoms with van der Waals surface area (Å²) in [5.41, 5.74) is 2.68. The molecule has 1 N–H and O–H groups in total. The maximum absolute atomic E-state index is 13.3. The van der Waals surface area contributed by atoms with Crippen LogP contribution in [0.4, 0.5) is 14.6 Å². The maximum atomic E-state index is 13.3. The minimum Gasteiger partial charge on any atom is -0.492 e. The molecule has 0 bridgehead atoms. The molecular formula is C27H23ClF2N4O2. The predicted octanol–water partition coefficient (Wildman–Crippen LogP) is 6.65. The van der Waals surface area contributed by atoms with Crippen LogP contribution in [0.25, 0.3) is 22.7 Å². The second-order valence-corrected chi connectivity index (χ2v) is 8.18. The summed E-state index contributed by atoms with van der Waals surface area (Å²) in [5, 5.41) is 7.63. The van der Waals surface area contributed by atoms with Crippen molar-refractivity contribution in [3.05, 3.63) is 101 Å². The van der Waals surface area contributed by atoms with Crippen LogP contribution in [-0.4, -0.2) is 33.7 Å². The van der Waals surface area contributed by atoms with E-state index < -0.39 is 18.8 Å². The number of halogens is 3. The largest absolute Gasteiger partial charge is 0.492 e. The Labute approximate surface area is 212 Å². The predicted molar refractivity (Wildman–Crippen MR) is 137 cm³/mol. The van der Waals surface area contributed by atoms with Crippen LogP contribution < -0.4 is 5.32 Å². The zero-order chi connectivity index (χ0) is 25.7. The second kappa shape index (κ2) is 11.1. The van der Waals surface area contributed by atoms with Crippen molar-refractivity contribution in [3.63, 3.8) is 0 Å². The number of nitrogens with one attached hydrogen (secondary N) is 1. The number of para-hydroxylation sites is 1. The fourth-order valence-electron chi connectivity index (χ4n) is 3.57. The highest BCUT2D eigenvalue weighted by atomic mass is 35.5. The molecule has 0 aliphatic heterocycles. The van der Waals surface area contributed by atoms with Gasteiger partial charge in [-0.3, -0.25) is 9.78 Å². The standard InChI is InChI=1S/C27H23ClF2N4O2/c1-3-36-17(2)24-16-26(34(33-24)20-9-5-4-6-10-20)32-27(35)21-14-18(12-13-22(21)28)23-11-7-8-19(31-23)15-25(29)30/h4-14,16,25H,2-3,15H2,1H3,(H,32,35). The topological polar surface area (TPSA) is 69.0 Å². The van der Waals surface area contributed by atoms with Crippen LogP contribution in [0.5, 0.6) is 0 Å². The number of pyridine rings is 1. The van der Waals surface area contributed by atoms with Crippen LogP contribution >= 0.6 is 11.6 Å². The Balaban J connectivity index is 1.67. The van der Waals surface area contributed by atoms with Crippen molar-refractivity contribution in [2.45, 2.75) is 19.8 Å². The first-order valence-corrected chi connectivity index (χ1v) is 11.6. The average Bonchev–Trinajstić information content (AvgIpc) is 3.28. The molecule has 184 valence electrons. The van der Waals surface area contributed by atoms with E-state index in [9.17, 15) is 13.6 Å². The number of carbonyl (C=O) groups is 1. The van der Waals surface area contributed by atoms with E-state index in [1.54, 1.807) is 41.1 Å². The van der Waals surface area contributed by atoms with Crippen molar-refractivity contribution >= 4 is 29.1 Å². The summed E-state index contributed by atoms with van der Waals surface area (Å²) in [5.74, 6) is 0.286. The molecule has 6 nitrogen and oxygen atoms in total. The molecule has 2 aromatic carbocycles. The average molecular weight is 509 g/mol. The fourth-order valence-corrected chi connectivity index (χ4v) is 3.78. The van der Waals surface area contributed by atoms with E-state index in [0.29, 0.717) is 35.1 Å². The van der Waals surface area contributed by atoms with Crippen LogP contribution in [0.15, 0.2) is 79.4 Å². The van der Waals surface area contributed by atoms with Gasteiger partial charge in [-0.05, 0) is 43.3 Å². The summed E-state index contributed by atoms with van der Waals surface area (Å²) < 4.78 is 32.7. The van der Waals surface area contributed by atoms with Gasteiger partial charge < -0.3 is 10.1 Å². The highest BCUT2D eigenvalue weighted by Gasteiger charge is 2.18. The first-order chi connectivity index (χ1) is 17.4. The Morgan fingerprint density at radius 3 is 2.61 bits per heavy atom. The van der Waals surface area contributed by atoms with Crippen molar-refractivity contribution in [1.29, 1.82) is 0 Å². The number of hydrogen-bond donors (Lipinski definition) is 1. The van der Waals surface area contributed by atoms with Crippen LogP contribution in [0.3, 0.4) is 0 Å². The van der Waals surface area contributed by atoms with E-state index in [2.05, 4.69) is 22.0 Å². The van der Waals surface area contributed by atoms with Gasteiger partial charge in [-0.2, -0.15) is 5.10 Å². The van der Waals surface area contributed by atoms with Crippen molar-refractivity contribution in [2.75, 3.05) is 11.9 Å². The third kappa shape index (κ3) is 5.78. The number of carbonyl (C=O) groups excluding carboxylic acids is 1. The highest BCUT2D eigenvalue weighted by Crippen LogP contribution is 2.27. The fraction of sp³-hybridized carbons (Fsp3) is 0.148. The molecule has 0 aliphatic rings. The molecule has 0 saturated heterocycles. The molecule has 0 spiro atoms. The molecule has 0 unspecified atom stereocenters. The van der Waals surface area contributed by atoms with E-state index in [1.165, 1.54) is 6.07 Å². The number of alkyl halides is 2. The van der Waals surface area contributed by atoms with E-state index in [4.69, 9.17) is 16.3 Å². The molecule has 1 amide bonds. The summed E-state index contributed by atoms with van der Waals surface area (Å²) in [6.45, 7) is 6.17. The zero-order valence-corrected chi connectivity index (χ0v) is 20.2. The van der Waals surface area contributed by atoms with Crippen LogP contribution in [0.2, 0.25) is 5.02 Å². The molecule has 4 rings (SSSR count). The maximum Gasteiger partial charge on any atom is 0.258 e. The first-order valence-electron chi connectivity index (χ1n) is 11.2. The monoisotopic (exact) mass is 508 g/mol. The summed E-state index contributed by atoms with van der Waals surface area (Å²) >= 11 is 6.36. The number of aromatic nitrogens is 3. The van der Waals surface area contributed by atoms with E-state index in [-0.39, 0.29) is 16.3 Å². The Kier molecular flexibility index (Phi) is 7.75. The Morgan fingerprint density at radius 2 is 1.89 bits per heavy atom. The molecule has 2 aromatic heterocycles. The van der Waals surface area contributed by atoms with Crippen molar-refractivity contribution in [2.24, 2.45) is 0 Å². The minimum atomic E-state index is -2.50. The minimum absolute atomic E-state index is 0.196. The summed E-state index contributed by atoms with van der Waals surface area (Å²) in [6.07, 6.45) is -2.95. The molecule has 9 heteroatoms. The summed E-state index contributed by atoms with van der Waals surface area (Å²) in [7, 11) is 0. The molecule has 0 fully saturated rings. The van der Waals surface area contributed by atoms with Gasteiger partial charge in [0.1, 0.15) is 17.3 Å². The third-order valence-corrected chi connectivity index (χ3v) is 5.56. The van der Waals surface area contributed by atoms with Gasteiger partial charge in [0.15, 0.2) is 0 Å². The Hall–Kier alpha value is -4.04. The van der Waals surface area contributed by atoms with Gasteiger partial charge in [0.25, 0.3) is 5.91 Å². The number of rotatable bonds is 9. The number of ether oxygens (including phenoxy) is 1. The van der Waals surface area contributed by atoms with Crippen molar-refractivity contribution in [1.82, 2.24) is 14.8 Å². The van der Waals surface area contributed by atoms with Gasteiger partial charge in [-0.25, -0.2) is 13.5 Å². The molecule has 0 aliphatic carbocycles. The molecule has 0 atom stereocenters. The lowest BCUT2D eigenvalue weighted by Gasteiger charge is -2.11. The van der Waals surface area contributed by atoms with Gasteiger partial charge in [0, 0.05) is 17.3 Å². The molecule has 0 saturated carbocycles. The van der Waals surface area contributed by atoms with E-state index in [1.807, 2.05) is 37.3 Å². The van der Waals surface area contributed by atoms with E-state index in [0.717, 1.165) is 5.69 Å². The quantitative estimate of drug-likeness (QED) is 0.257. The normalized spacial score (nSPS) is 10.9. The SMILES string of the molecule is C=C(OCC)c1cc(NC(=O)c2cc(-c3cccc(CC(F)F)n3)ccc2Cl)n(-c2ccccc2)n1. The Bertz CT molecular complexity index is 1390. The lowest BCUT2D eigenvalue weighted by atomic mass is 10.1. The molecular weight excluding hydrogens is 486 g/mol. The summed E-state index contributed by atoms with van der Waals surface area (Å²) in [4.78, 5) is 17.6. The number of nitrogens with zero attached hydrogens (tertiary/aromatic N) is 3. The molecule has 4 aromatic rings. The van der Waals surface area contributed by atoms with E-state index >= 15 is 0 Å². The van der Waals surface area contributed by atoms with Crippen molar-refractivity contribution in [3.8, 4) is 16.9 Å². The lowest BCUT2D eigenvalue weighted by Crippen LogP contribution is -2.15. The summed E-state index contributed by atoms with van der Waals surface area (Å²) in [6, 6.07) is 20.7. The Morgan fingerprint density at radius 1 is 1.11 bits per heavy atom. The van der Waals surface area contributed by atoms with Gasteiger partial charge >= 0.3 is 0 Å². The second-order valence-electron chi connectivity index (χ2n) is 7.78. The highest BCUT2D eigenvalue weighted by molar-refractivity contribution is 6.34. The van der Waals surface area contributed by atoms with Crippen LogP contribution in [-0.2, 0) is 11.2 Å². The number of amides is 1. The van der Waals surface area contributed by atoms with Gasteiger partial charge in [-0.15, -0.1) is 0 Å². The van der Waals surface area contributed by atoms with Crippen molar-refractivity contribution < 1.29 is 18.3 Å². The van der Waals surface area contributed by atoms with Gasteiger partial charge in [-0.1, -0.05) is 48.5 Å². The van der Waals surface area contributed by atoms with Crippen LogP contribution in [0, 0.1) is 0 Å². The zero-order valence-electron chi connectivity index (χ0n) is 19.4. The molecule has 36 heavy (non-hydrogen) atoms. The van der Waals surface area contributed by atoms with Crippen LogP contribution in [0.1, 0.15) is 28.7 Å². The van der Waals surface area contributed by atoms with Gasteiger partial charge in [0.2, 0.25) is 6.43 Å². The smallest absolute Gasteiger partial charge is 0.258 e. The molecule has 0 radical (unpaired) electrons.